The Balaban J connectivity index is 2.57. The van der Waals surface area contributed by atoms with E-state index in [9.17, 15) is 13.6 Å². The lowest BCUT2D eigenvalue weighted by Crippen LogP contribution is -2.09. The number of methoxy groups -OCH3 is 1. The molecule has 0 bridgehead atoms. The number of hydrogen-bond donors (Lipinski definition) is 0. The smallest absolute Gasteiger partial charge is 0.199 e. The van der Waals surface area contributed by atoms with E-state index in [2.05, 4.69) is 0 Å². The molecular formula is C15H11ClF2O2. The highest BCUT2D eigenvalue weighted by molar-refractivity contribution is 6.32. The van der Waals surface area contributed by atoms with Crippen LogP contribution in [0.2, 0.25) is 5.02 Å². The van der Waals surface area contributed by atoms with E-state index in [-0.39, 0.29) is 11.3 Å². The van der Waals surface area contributed by atoms with E-state index >= 15 is 0 Å². The van der Waals surface area contributed by atoms with Gasteiger partial charge in [-0.2, -0.15) is 0 Å². The molecule has 5 heteroatoms. The zero-order valence-corrected chi connectivity index (χ0v) is 11.6. The molecule has 0 atom stereocenters. The van der Waals surface area contributed by atoms with Gasteiger partial charge in [0, 0.05) is 22.7 Å². The van der Waals surface area contributed by atoms with Crippen LogP contribution < -0.4 is 4.74 Å². The van der Waals surface area contributed by atoms with Gasteiger partial charge in [0.2, 0.25) is 0 Å². The van der Waals surface area contributed by atoms with Gasteiger partial charge in [-0.3, -0.25) is 4.79 Å². The third-order valence-corrected chi connectivity index (χ3v) is 3.40. The molecule has 0 aliphatic heterocycles. The summed E-state index contributed by atoms with van der Waals surface area (Å²) >= 11 is 5.91. The van der Waals surface area contributed by atoms with Gasteiger partial charge in [-0.15, -0.1) is 0 Å². The van der Waals surface area contributed by atoms with E-state index in [0.29, 0.717) is 10.6 Å². The Morgan fingerprint density at radius 1 is 1.20 bits per heavy atom. The second-order valence-corrected chi connectivity index (χ2v) is 4.61. The molecule has 0 spiro atoms. The Bertz CT molecular complexity index is 661. The third-order valence-electron chi connectivity index (χ3n) is 2.99. The average molecular weight is 297 g/mol. The quantitative estimate of drug-likeness (QED) is 0.795. The molecule has 0 radical (unpaired) electrons. The van der Waals surface area contributed by atoms with Gasteiger partial charge in [0.15, 0.2) is 5.78 Å². The van der Waals surface area contributed by atoms with Gasteiger partial charge in [-0.05, 0) is 18.6 Å². The molecule has 2 nitrogen and oxygen atoms in total. The SMILES string of the molecule is COc1cc(F)c(C(=O)c2cccc(Cl)c2C)c(F)c1. The molecule has 0 saturated heterocycles. The highest BCUT2D eigenvalue weighted by Gasteiger charge is 2.22. The molecular weight excluding hydrogens is 286 g/mol. The Labute approximate surface area is 119 Å². The van der Waals surface area contributed by atoms with Gasteiger partial charge in [0.1, 0.15) is 17.4 Å². The highest BCUT2D eigenvalue weighted by Crippen LogP contribution is 2.26. The van der Waals surface area contributed by atoms with E-state index in [1.807, 2.05) is 0 Å². The van der Waals surface area contributed by atoms with Crippen LogP contribution in [0.4, 0.5) is 8.78 Å². The first-order valence-corrected chi connectivity index (χ1v) is 6.16. The lowest BCUT2D eigenvalue weighted by atomic mass is 9.98. The van der Waals surface area contributed by atoms with Crippen LogP contribution in [-0.2, 0) is 0 Å². The van der Waals surface area contributed by atoms with Gasteiger partial charge < -0.3 is 4.74 Å². The number of carbonyl (C=O) groups is 1. The molecule has 0 fully saturated rings. The molecule has 0 aliphatic rings. The van der Waals surface area contributed by atoms with Crippen molar-refractivity contribution in [2.24, 2.45) is 0 Å². The summed E-state index contributed by atoms with van der Waals surface area (Å²) in [6.07, 6.45) is 0. The Hall–Kier alpha value is -1.94. The van der Waals surface area contributed by atoms with Crippen LogP contribution in [0, 0.1) is 18.6 Å². The zero-order valence-electron chi connectivity index (χ0n) is 10.8. The molecule has 2 rings (SSSR count). The fourth-order valence-electron chi connectivity index (χ4n) is 1.87. The normalized spacial score (nSPS) is 10.4. The van der Waals surface area contributed by atoms with E-state index in [1.54, 1.807) is 19.1 Å². The van der Waals surface area contributed by atoms with E-state index in [1.165, 1.54) is 13.2 Å². The van der Waals surface area contributed by atoms with Crippen LogP contribution in [-0.4, -0.2) is 12.9 Å². The Morgan fingerprint density at radius 2 is 1.80 bits per heavy atom. The van der Waals surface area contributed by atoms with Crippen molar-refractivity contribution in [3.63, 3.8) is 0 Å². The second kappa shape index (κ2) is 5.59. The van der Waals surface area contributed by atoms with Gasteiger partial charge in [-0.25, -0.2) is 8.78 Å². The maximum atomic E-state index is 13.9. The lowest BCUT2D eigenvalue weighted by molar-refractivity contribution is 0.103. The minimum Gasteiger partial charge on any atom is -0.497 e. The molecule has 0 amide bonds. The van der Waals surface area contributed by atoms with Crippen molar-refractivity contribution < 1.29 is 18.3 Å². The summed E-state index contributed by atoms with van der Waals surface area (Å²) in [6.45, 7) is 1.62. The maximum Gasteiger partial charge on any atom is 0.199 e. The summed E-state index contributed by atoms with van der Waals surface area (Å²) in [5.74, 6) is -2.67. The minimum atomic E-state index is -0.966. The molecule has 0 heterocycles. The molecule has 0 unspecified atom stereocenters. The first kappa shape index (κ1) is 14.5. The summed E-state index contributed by atoms with van der Waals surface area (Å²) in [6, 6.07) is 6.58. The Morgan fingerprint density at radius 3 is 2.35 bits per heavy atom. The zero-order chi connectivity index (χ0) is 14.9. The topological polar surface area (TPSA) is 26.3 Å². The number of ether oxygens (including phenoxy) is 1. The summed E-state index contributed by atoms with van der Waals surface area (Å²) in [4.78, 5) is 12.3. The predicted molar refractivity (Wildman–Crippen MR) is 72.5 cm³/mol. The fraction of sp³-hybridized carbons (Fsp3) is 0.133. The second-order valence-electron chi connectivity index (χ2n) is 4.21. The number of halogens is 3. The molecule has 0 aliphatic carbocycles. The third kappa shape index (κ3) is 2.51. The van der Waals surface area contributed by atoms with Crippen LogP contribution in [0.15, 0.2) is 30.3 Å². The van der Waals surface area contributed by atoms with Crippen molar-refractivity contribution in [3.05, 3.63) is 63.7 Å². The van der Waals surface area contributed by atoms with Crippen LogP contribution in [0.3, 0.4) is 0 Å². The molecule has 104 valence electrons. The summed E-state index contributed by atoms with van der Waals surface area (Å²) in [7, 11) is 1.29. The van der Waals surface area contributed by atoms with E-state index in [0.717, 1.165) is 12.1 Å². The first-order chi connectivity index (χ1) is 9.45. The van der Waals surface area contributed by atoms with Crippen molar-refractivity contribution in [1.29, 1.82) is 0 Å². The predicted octanol–water partition coefficient (Wildman–Crippen LogP) is 4.17. The van der Waals surface area contributed by atoms with Crippen LogP contribution in [0.25, 0.3) is 0 Å². The number of carbonyl (C=O) groups excluding carboxylic acids is 1. The largest absolute Gasteiger partial charge is 0.497 e. The molecule has 2 aromatic rings. The first-order valence-electron chi connectivity index (χ1n) is 5.78. The van der Waals surface area contributed by atoms with Gasteiger partial charge in [-0.1, -0.05) is 23.7 Å². The van der Waals surface area contributed by atoms with Gasteiger partial charge in [0.05, 0.1) is 12.7 Å². The molecule has 0 N–H and O–H groups in total. The number of benzene rings is 2. The van der Waals surface area contributed by atoms with Crippen molar-refractivity contribution >= 4 is 17.4 Å². The van der Waals surface area contributed by atoms with Crippen LogP contribution >= 0.6 is 11.6 Å². The van der Waals surface area contributed by atoms with Gasteiger partial charge in [0.25, 0.3) is 0 Å². The fourth-order valence-corrected chi connectivity index (χ4v) is 2.05. The maximum absolute atomic E-state index is 13.9. The molecule has 2 aromatic carbocycles. The molecule has 0 aromatic heterocycles. The number of rotatable bonds is 3. The standard InChI is InChI=1S/C15H11ClF2O2/c1-8-10(4-3-5-11(8)16)15(19)14-12(17)6-9(20-2)7-13(14)18/h3-7H,1-2H3. The monoisotopic (exact) mass is 296 g/mol. The Kier molecular flexibility index (Phi) is 4.04. The highest BCUT2D eigenvalue weighted by atomic mass is 35.5. The van der Waals surface area contributed by atoms with E-state index in [4.69, 9.17) is 16.3 Å². The van der Waals surface area contributed by atoms with Crippen molar-refractivity contribution in [2.45, 2.75) is 6.92 Å². The average Bonchev–Trinajstić information content (AvgIpc) is 2.40. The van der Waals surface area contributed by atoms with Crippen molar-refractivity contribution in [1.82, 2.24) is 0 Å². The number of hydrogen-bond acceptors (Lipinski definition) is 2. The van der Waals surface area contributed by atoms with Crippen molar-refractivity contribution in [2.75, 3.05) is 7.11 Å². The van der Waals surface area contributed by atoms with E-state index < -0.39 is 23.0 Å². The van der Waals surface area contributed by atoms with Crippen LogP contribution in [0.5, 0.6) is 5.75 Å². The van der Waals surface area contributed by atoms with Gasteiger partial charge >= 0.3 is 0 Å². The minimum absolute atomic E-state index is 0.0133. The van der Waals surface area contributed by atoms with Crippen LogP contribution in [0.1, 0.15) is 21.5 Å². The molecule has 20 heavy (non-hydrogen) atoms. The summed E-state index contributed by atoms with van der Waals surface area (Å²) < 4.78 is 32.5. The molecule has 0 saturated carbocycles. The number of ketones is 1. The lowest BCUT2D eigenvalue weighted by Gasteiger charge is -2.09. The summed E-state index contributed by atoms with van der Waals surface area (Å²) in [5.41, 5.74) is 0.0328. The summed E-state index contributed by atoms with van der Waals surface area (Å²) in [5, 5.41) is 0.366. The van der Waals surface area contributed by atoms with Crippen molar-refractivity contribution in [3.8, 4) is 5.75 Å².